The van der Waals surface area contributed by atoms with Crippen molar-refractivity contribution >= 4 is 23.2 Å². The maximum Gasteiger partial charge on any atom is 0.124 e. The van der Waals surface area contributed by atoms with Crippen LogP contribution in [0.25, 0.3) is 0 Å². The van der Waals surface area contributed by atoms with Crippen LogP contribution in [0.3, 0.4) is 0 Å². The van der Waals surface area contributed by atoms with Gasteiger partial charge in [-0.15, -0.1) is 11.6 Å². The van der Waals surface area contributed by atoms with E-state index in [0.29, 0.717) is 28.0 Å². The standard InChI is InChI=1S/C15H13Cl2FO2/c1-19-13-3-5-15(10(7-13)8-16)20-9-11-6-12(18)2-4-14(11)17/h2-7H,8-9H2,1H3. The third-order valence-electron chi connectivity index (χ3n) is 2.80. The molecule has 0 aliphatic heterocycles. The summed E-state index contributed by atoms with van der Waals surface area (Å²) in [6.07, 6.45) is 0. The van der Waals surface area contributed by atoms with Crippen LogP contribution in [0.4, 0.5) is 4.39 Å². The minimum absolute atomic E-state index is 0.173. The van der Waals surface area contributed by atoms with E-state index in [2.05, 4.69) is 0 Å². The Bertz CT molecular complexity index is 602. The second-order valence-corrected chi connectivity index (χ2v) is 4.81. The van der Waals surface area contributed by atoms with Crippen LogP contribution in [0.1, 0.15) is 11.1 Å². The molecule has 0 atom stereocenters. The molecule has 0 fully saturated rings. The molecule has 2 aromatic rings. The van der Waals surface area contributed by atoms with Crippen LogP contribution >= 0.6 is 23.2 Å². The molecule has 0 aliphatic rings. The van der Waals surface area contributed by atoms with Crippen LogP contribution in [-0.4, -0.2) is 7.11 Å². The minimum Gasteiger partial charge on any atom is -0.497 e. The molecule has 0 bridgehead atoms. The predicted molar refractivity (Wildman–Crippen MR) is 78.3 cm³/mol. The molecule has 0 aromatic heterocycles. The monoisotopic (exact) mass is 314 g/mol. The van der Waals surface area contributed by atoms with E-state index in [1.807, 2.05) is 0 Å². The number of hydrogen-bond acceptors (Lipinski definition) is 2. The molecular formula is C15H13Cl2FO2. The zero-order valence-corrected chi connectivity index (χ0v) is 12.3. The molecule has 0 unspecified atom stereocenters. The number of rotatable bonds is 5. The van der Waals surface area contributed by atoms with E-state index in [0.717, 1.165) is 5.56 Å². The highest BCUT2D eigenvalue weighted by Crippen LogP contribution is 2.27. The topological polar surface area (TPSA) is 18.5 Å². The lowest BCUT2D eigenvalue weighted by Gasteiger charge is -2.12. The zero-order chi connectivity index (χ0) is 14.5. The van der Waals surface area contributed by atoms with Crippen molar-refractivity contribution in [2.24, 2.45) is 0 Å². The SMILES string of the molecule is COc1ccc(OCc2cc(F)ccc2Cl)c(CCl)c1. The molecular weight excluding hydrogens is 302 g/mol. The highest BCUT2D eigenvalue weighted by molar-refractivity contribution is 6.31. The maximum atomic E-state index is 13.2. The third-order valence-corrected chi connectivity index (χ3v) is 3.46. The summed E-state index contributed by atoms with van der Waals surface area (Å²) < 4.78 is 23.9. The Hall–Kier alpha value is -1.45. The number of alkyl halides is 1. The smallest absolute Gasteiger partial charge is 0.124 e. The Labute approximate surface area is 127 Å². The van der Waals surface area contributed by atoms with Gasteiger partial charge in [0.1, 0.15) is 23.9 Å². The number of hydrogen-bond donors (Lipinski definition) is 0. The van der Waals surface area contributed by atoms with Crippen LogP contribution in [0.2, 0.25) is 5.02 Å². The second kappa shape index (κ2) is 6.82. The van der Waals surface area contributed by atoms with E-state index in [1.54, 1.807) is 25.3 Å². The van der Waals surface area contributed by atoms with Gasteiger partial charge in [-0.05, 0) is 36.4 Å². The van der Waals surface area contributed by atoms with Crippen molar-refractivity contribution in [3.8, 4) is 11.5 Å². The molecule has 5 heteroatoms. The van der Waals surface area contributed by atoms with Crippen LogP contribution in [0.15, 0.2) is 36.4 Å². The molecule has 20 heavy (non-hydrogen) atoms. The molecule has 0 amide bonds. The van der Waals surface area contributed by atoms with Gasteiger partial charge < -0.3 is 9.47 Å². The largest absolute Gasteiger partial charge is 0.497 e. The first-order valence-electron chi connectivity index (χ1n) is 5.93. The summed E-state index contributed by atoms with van der Waals surface area (Å²) in [4.78, 5) is 0. The van der Waals surface area contributed by atoms with Gasteiger partial charge in [0.15, 0.2) is 0 Å². The lowest BCUT2D eigenvalue weighted by atomic mass is 10.2. The van der Waals surface area contributed by atoms with Crippen molar-refractivity contribution in [3.63, 3.8) is 0 Å². The van der Waals surface area contributed by atoms with Gasteiger partial charge in [-0.3, -0.25) is 0 Å². The van der Waals surface area contributed by atoms with Gasteiger partial charge in [0.25, 0.3) is 0 Å². The predicted octanol–water partition coefficient (Wildman–Crippen LogP) is 4.81. The van der Waals surface area contributed by atoms with Crippen molar-refractivity contribution in [1.82, 2.24) is 0 Å². The minimum atomic E-state index is -0.347. The number of benzene rings is 2. The van der Waals surface area contributed by atoms with Gasteiger partial charge in [-0.1, -0.05) is 11.6 Å². The molecule has 0 spiro atoms. The van der Waals surface area contributed by atoms with E-state index in [1.165, 1.54) is 18.2 Å². The van der Waals surface area contributed by atoms with Crippen molar-refractivity contribution in [2.75, 3.05) is 7.11 Å². The van der Waals surface area contributed by atoms with E-state index < -0.39 is 0 Å². The first-order valence-corrected chi connectivity index (χ1v) is 6.85. The third kappa shape index (κ3) is 3.56. The van der Waals surface area contributed by atoms with Gasteiger partial charge >= 0.3 is 0 Å². The first-order chi connectivity index (χ1) is 9.63. The molecule has 2 nitrogen and oxygen atoms in total. The normalized spacial score (nSPS) is 10.4. The number of halogens is 3. The molecule has 0 aliphatic carbocycles. The quantitative estimate of drug-likeness (QED) is 0.738. The number of methoxy groups -OCH3 is 1. The first kappa shape index (κ1) is 14.9. The van der Waals surface area contributed by atoms with E-state index >= 15 is 0 Å². The zero-order valence-electron chi connectivity index (χ0n) is 10.8. The second-order valence-electron chi connectivity index (χ2n) is 4.13. The molecule has 106 valence electrons. The fourth-order valence-corrected chi connectivity index (χ4v) is 2.12. The highest BCUT2D eigenvalue weighted by Gasteiger charge is 2.07. The van der Waals surface area contributed by atoms with E-state index in [-0.39, 0.29) is 12.4 Å². The fraction of sp³-hybridized carbons (Fsp3) is 0.200. The Morgan fingerprint density at radius 3 is 2.60 bits per heavy atom. The Morgan fingerprint density at radius 2 is 1.90 bits per heavy atom. The van der Waals surface area contributed by atoms with Crippen molar-refractivity contribution in [1.29, 1.82) is 0 Å². The van der Waals surface area contributed by atoms with Crippen molar-refractivity contribution in [2.45, 2.75) is 12.5 Å². The summed E-state index contributed by atoms with van der Waals surface area (Å²) in [6, 6.07) is 9.51. The average molecular weight is 315 g/mol. The molecule has 0 saturated carbocycles. The van der Waals surface area contributed by atoms with E-state index in [9.17, 15) is 4.39 Å². The molecule has 0 heterocycles. The van der Waals surface area contributed by atoms with E-state index in [4.69, 9.17) is 32.7 Å². The van der Waals surface area contributed by atoms with Gasteiger partial charge in [-0.2, -0.15) is 0 Å². The Kier molecular flexibility index (Phi) is 5.10. The molecule has 2 aromatic carbocycles. The summed E-state index contributed by atoms with van der Waals surface area (Å²) >= 11 is 11.9. The summed E-state index contributed by atoms with van der Waals surface area (Å²) in [5.74, 6) is 1.28. The van der Waals surface area contributed by atoms with Gasteiger partial charge in [0.2, 0.25) is 0 Å². The summed E-state index contributed by atoms with van der Waals surface area (Å²) in [5.41, 5.74) is 1.39. The van der Waals surface area contributed by atoms with Crippen LogP contribution in [0.5, 0.6) is 11.5 Å². The van der Waals surface area contributed by atoms with Crippen LogP contribution < -0.4 is 9.47 Å². The summed E-state index contributed by atoms with van der Waals surface area (Å²) in [5, 5.41) is 0.465. The molecule has 0 radical (unpaired) electrons. The summed E-state index contributed by atoms with van der Waals surface area (Å²) in [6.45, 7) is 0.173. The highest BCUT2D eigenvalue weighted by atomic mass is 35.5. The molecule has 2 rings (SSSR count). The van der Waals surface area contributed by atoms with Crippen molar-refractivity contribution < 1.29 is 13.9 Å². The Morgan fingerprint density at radius 1 is 1.10 bits per heavy atom. The van der Waals surface area contributed by atoms with Crippen molar-refractivity contribution in [3.05, 3.63) is 58.4 Å². The van der Waals surface area contributed by atoms with Gasteiger partial charge in [0.05, 0.1) is 13.0 Å². The fourth-order valence-electron chi connectivity index (χ4n) is 1.74. The van der Waals surface area contributed by atoms with Gasteiger partial charge in [-0.25, -0.2) is 4.39 Å². The maximum absolute atomic E-state index is 13.2. The molecule has 0 N–H and O–H groups in total. The number of ether oxygens (including phenoxy) is 2. The van der Waals surface area contributed by atoms with Crippen LogP contribution in [-0.2, 0) is 12.5 Å². The lowest BCUT2D eigenvalue weighted by molar-refractivity contribution is 0.302. The molecule has 0 saturated heterocycles. The Balaban J connectivity index is 2.16. The van der Waals surface area contributed by atoms with Gasteiger partial charge in [0, 0.05) is 16.1 Å². The van der Waals surface area contributed by atoms with Crippen LogP contribution in [0, 0.1) is 5.82 Å². The summed E-state index contributed by atoms with van der Waals surface area (Å²) in [7, 11) is 1.58. The average Bonchev–Trinajstić information content (AvgIpc) is 2.48. The lowest BCUT2D eigenvalue weighted by Crippen LogP contribution is -1.99.